The number of hydrogen-bond donors (Lipinski definition) is 3. The standard InChI is InChI=1S/C75H145NO5/c1-3-5-7-9-11-13-15-17-40-45-49-53-57-61-65-69-75(80)81-70-66-62-58-54-50-46-42-39-37-35-33-31-29-27-25-23-21-19-20-22-24-26-28-30-32-34-36-38-41-44-48-52-56-60-64-68-74(79)76-72(71-77)73(78)67-63-59-55-51-47-43-18-16-14-12-10-8-6-4-2/h21,23,27,29,72-73,77-78H,3-20,22,24-26,28,30-71H2,1-2H3,(H,76,79)/b23-21-,29-27-. The Hall–Kier alpha value is -1.66. The van der Waals surface area contributed by atoms with E-state index in [1.807, 2.05) is 0 Å². The first-order valence-electron chi connectivity index (χ1n) is 37.1. The van der Waals surface area contributed by atoms with Gasteiger partial charge in [0.25, 0.3) is 0 Å². The number of aliphatic hydroxyl groups excluding tert-OH is 2. The number of aliphatic hydroxyl groups is 2. The van der Waals surface area contributed by atoms with Gasteiger partial charge in [0, 0.05) is 12.8 Å². The van der Waals surface area contributed by atoms with Crippen molar-refractivity contribution in [3.63, 3.8) is 0 Å². The van der Waals surface area contributed by atoms with Gasteiger partial charge >= 0.3 is 5.97 Å². The summed E-state index contributed by atoms with van der Waals surface area (Å²) in [5, 5.41) is 23.3. The second-order valence-corrected chi connectivity index (χ2v) is 25.6. The molecule has 1 amide bonds. The maximum Gasteiger partial charge on any atom is 0.305 e. The van der Waals surface area contributed by atoms with Crippen molar-refractivity contribution in [3.05, 3.63) is 24.3 Å². The topological polar surface area (TPSA) is 95.9 Å². The molecular weight excluding hydrogens is 995 g/mol. The highest BCUT2D eigenvalue weighted by atomic mass is 16.5. The van der Waals surface area contributed by atoms with Crippen LogP contribution in [0.4, 0.5) is 0 Å². The summed E-state index contributed by atoms with van der Waals surface area (Å²) in [4.78, 5) is 24.6. The lowest BCUT2D eigenvalue weighted by atomic mass is 10.0. The van der Waals surface area contributed by atoms with E-state index in [9.17, 15) is 19.8 Å². The fraction of sp³-hybridized carbons (Fsp3) is 0.920. The number of esters is 1. The second-order valence-electron chi connectivity index (χ2n) is 25.6. The van der Waals surface area contributed by atoms with Crippen molar-refractivity contribution in [2.75, 3.05) is 13.2 Å². The van der Waals surface area contributed by atoms with Crippen LogP contribution in [0.15, 0.2) is 24.3 Å². The van der Waals surface area contributed by atoms with Crippen molar-refractivity contribution in [2.45, 2.75) is 431 Å². The maximum atomic E-state index is 12.5. The van der Waals surface area contributed by atoms with Crippen molar-refractivity contribution in [1.29, 1.82) is 0 Å². The third-order valence-electron chi connectivity index (χ3n) is 17.5. The number of unbranched alkanes of at least 4 members (excludes halogenated alkanes) is 55. The summed E-state index contributed by atoms with van der Waals surface area (Å²) in [7, 11) is 0. The number of nitrogens with one attached hydrogen (secondary N) is 1. The van der Waals surface area contributed by atoms with Gasteiger partial charge in [-0.05, 0) is 57.8 Å². The van der Waals surface area contributed by atoms with Gasteiger partial charge in [0.2, 0.25) is 5.91 Å². The molecule has 6 nitrogen and oxygen atoms in total. The van der Waals surface area contributed by atoms with E-state index in [-0.39, 0.29) is 18.5 Å². The van der Waals surface area contributed by atoms with Crippen LogP contribution in [-0.4, -0.2) is 47.4 Å². The van der Waals surface area contributed by atoms with Gasteiger partial charge in [0.15, 0.2) is 0 Å². The van der Waals surface area contributed by atoms with E-state index in [4.69, 9.17) is 4.74 Å². The molecule has 3 N–H and O–H groups in total. The van der Waals surface area contributed by atoms with Crippen molar-refractivity contribution in [1.82, 2.24) is 5.32 Å². The van der Waals surface area contributed by atoms with Crippen LogP contribution in [0.2, 0.25) is 0 Å². The molecule has 81 heavy (non-hydrogen) atoms. The molecule has 0 aromatic heterocycles. The summed E-state index contributed by atoms with van der Waals surface area (Å²) in [6.45, 7) is 4.99. The lowest BCUT2D eigenvalue weighted by Gasteiger charge is -2.22. The smallest absolute Gasteiger partial charge is 0.305 e. The van der Waals surface area contributed by atoms with Gasteiger partial charge in [0.1, 0.15) is 0 Å². The first-order valence-corrected chi connectivity index (χ1v) is 37.1. The summed E-state index contributed by atoms with van der Waals surface area (Å²) in [6, 6.07) is -0.539. The van der Waals surface area contributed by atoms with Crippen LogP contribution in [0.25, 0.3) is 0 Å². The number of carbonyl (C=O) groups excluding carboxylic acids is 2. The van der Waals surface area contributed by atoms with Crippen LogP contribution in [0.5, 0.6) is 0 Å². The van der Waals surface area contributed by atoms with Crippen molar-refractivity contribution < 1.29 is 24.5 Å². The third kappa shape index (κ3) is 67.3. The molecular formula is C75H145NO5. The number of amides is 1. The van der Waals surface area contributed by atoms with Gasteiger partial charge in [-0.1, -0.05) is 372 Å². The van der Waals surface area contributed by atoms with Gasteiger partial charge in [-0.2, -0.15) is 0 Å². The van der Waals surface area contributed by atoms with Crippen LogP contribution in [0.1, 0.15) is 418 Å². The van der Waals surface area contributed by atoms with Crippen molar-refractivity contribution in [2.24, 2.45) is 0 Å². The average molecular weight is 1140 g/mol. The Balaban J connectivity index is 3.35. The molecule has 6 heteroatoms. The van der Waals surface area contributed by atoms with Crippen LogP contribution < -0.4 is 5.32 Å². The van der Waals surface area contributed by atoms with E-state index in [0.717, 1.165) is 44.9 Å². The van der Waals surface area contributed by atoms with E-state index < -0.39 is 12.1 Å². The molecule has 0 aliphatic rings. The number of allylic oxidation sites excluding steroid dienone is 4. The van der Waals surface area contributed by atoms with Crippen molar-refractivity contribution >= 4 is 11.9 Å². The largest absolute Gasteiger partial charge is 0.466 e. The summed E-state index contributed by atoms with van der Waals surface area (Å²) in [6.07, 6.45) is 89.7. The zero-order valence-electron chi connectivity index (χ0n) is 55.0. The molecule has 0 saturated carbocycles. The maximum absolute atomic E-state index is 12.5. The Labute approximate surface area is 507 Å². The first-order chi connectivity index (χ1) is 40.0. The summed E-state index contributed by atoms with van der Waals surface area (Å²) >= 11 is 0. The highest BCUT2D eigenvalue weighted by Gasteiger charge is 2.20. The molecule has 2 unspecified atom stereocenters. The first kappa shape index (κ1) is 79.3. The fourth-order valence-corrected chi connectivity index (χ4v) is 11.9. The molecule has 0 saturated heterocycles. The monoisotopic (exact) mass is 1140 g/mol. The molecule has 0 aromatic rings. The SMILES string of the molecule is CCCCCCCCCCCCCCCCCC(=O)OCCCCCCCCCCCCC/C=C\C/C=C\CCCCCCCCCCCCCCCCCCCC(=O)NC(CO)C(O)CCCCCCCCCCCCCCCC. The summed E-state index contributed by atoms with van der Waals surface area (Å²) in [5.41, 5.74) is 0. The van der Waals surface area contributed by atoms with E-state index in [0.29, 0.717) is 25.9 Å². The van der Waals surface area contributed by atoms with Crippen LogP contribution in [-0.2, 0) is 14.3 Å². The number of hydrogen-bond acceptors (Lipinski definition) is 5. The lowest BCUT2D eigenvalue weighted by Crippen LogP contribution is -2.45. The quantitative estimate of drug-likeness (QED) is 0.0320. The fourth-order valence-electron chi connectivity index (χ4n) is 11.9. The second kappa shape index (κ2) is 70.8. The zero-order valence-corrected chi connectivity index (χ0v) is 55.0. The predicted octanol–water partition coefficient (Wildman–Crippen LogP) is 24.1. The van der Waals surface area contributed by atoms with Crippen molar-refractivity contribution in [3.8, 4) is 0 Å². The Kier molecular flexibility index (Phi) is 69.4. The number of ether oxygens (including phenoxy) is 1. The predicted molar refractivity (Wildman–Crippen MR) is 356 cm³/mol. The van der Waals surface area contributed by atoms with Crippen LogP contribution in [0, 0.1) is 0 Å². The molecule has 0 aromatic carbocycles. The average Bonchev–Trinajstić information content (AvgIpc) is 3.47. The number of rotatable bonds is 70. The molecule has 0 bridgehead atoms. The molecule has 2 atom stereocenters. The molecule has 0 spiro atoms. The van der Waals surface area contributed by atoms with Gasteiger partial charge < -0.3 is 20.3 Å². The Morgan fingerprint density at radius 3 is 0.938 bits per heavy atom. The normalized spacial score (nSPS) is 12.6. The highest BCUT2D eigenvalue weighted by molar-refractivity contribution is 5.76. The van der Waals surface area contributed by atoms with Crippen LogP contribution >= 0.6 is 0 Å². The van der Waals surface area contributed by atoms with Gasteiger partial charge in [-0.15, -0.1) is 0 Å². The number of carbonyl (C=O) groups is 2. The summed E-state index contributed by atoms with van der Waals surface area (Å²) in [5.74, 6) is -0.00944. The van der Waals surface area contributed by atoms with E-state index in [1.54, 1.807) is 0 Å². The third-order valence-corrected chi connectivity index (χ3v) is 17.5. The lowest BCUT2D eigenvalue weighted by molar-refractivity contribution is -0.143. The molecule has 0 aliphatic carbocycles. The van der Waals surface area contributed by atoms with Crippen LogP contribution in [0.3, 0.4) is 0 Å². The van der Waals surface area contributed by atoms with E-state index in [1.165, 1.54) is 340 Å². The molecule has 0 rings (SSSR count). The van der Waals surface area contributed by atoms with E-state index in [2.05, 4.69) is 43.5 Å². The Bertz CT molecular complexity index is 1270. The zero-order chi connectivity index (χ0) is 58.5. The minimum Gasteiger partial charge on any atom is -0.466 e. The van der Waals surface area contributed by atoms with E-state index >= 15 is 0 Å². The van der Waals surface area contributed by atoms with Gasteiger partial charge in [-0.3, -0.25) is 9.59 Å². The molecule has 0 aliphatic heterocycles. The highest BCUT2D eigenvalue weighted by Crippen LogP contribution is 2.19. The summed E-state index contributed by atoms with van der Waals surface area (Å²) < 4.78 is 5.50. The minimum atomic E-state index is -0.662. The minimum absolute atomic E-state index is 0.0204. The molecule has 0 fully saturated rings. The Morgan fingerprint density at radius 1 is 0.346 bits per heavy atom. The molecule has 480 valence electrons. The van der Waals surface area contributed by atoms with Gasteiger partial charge in [0.05, 0.1) is 25.4 Å². The molecule has 0 heterocycles. The van der Waals surface area contributed by atoms with Gasteiger partial charge in [-0.25, -0.2) is 0 Å². The molecule has 0 radical (unpaired) electrons. The Morgan fingerprint density at radius 2 is 0.617 bits per heavy atom.